The minimum absolute atomic E-state index is 0.0241. The Morgan fingerprint density at radius 3 is 1.27 bits per heavy atom. The normalized spacial score (nSPS) is 13.5. The first kappa shape index (κ1) is 81.8. The summed E-state index contributed by atoms with van der Waals surface area (Å²) in [6.07, 6.45) is 6.44. The van der Waals surface area contributed by atoms with Gasteiger partial charge in [-0.05, 0) is 171 Å². The van der Waals surface area contributed by atoms with Gasteiger partial charge in [0.2, 0.25) is 0 Å². The maximum absolute atomic E-state index is 13.5. The number of amides is 4. The van der Waals surface area contributed by atoms with Crippen molar-refractivity contribution in [1.29, 1.82) is 0 Å². The number of benzene rings is 6. The average molecular weight is 1700 g/mol. The molecule has 0 fully saturated rings. The highest BCUT2D eigenvalue weighted by molar-refractivity contribution is 14.1. The molecule has 0 radical (unpaired) electrons. The van der Waals surface area contributed by atoms with E-state index in [2.05, 4.69) is 53.6 Å². The Bertz CT molecular complexity index is 4810. The Hall–Kier alpha value is -8.24. The van der Waals surface area contributed by atoms with Crippen LogP contribution in [0.1, 0.15) is 64.3 Å². The molecule has 4 aromatic heterocycles. The average Bonchev–Trinajstić information content (AvgIpc) is 1.63. The van der Waals surface area contributed by atoms with Crippen molar-refractivity contribution in [2.24, 2.45) is 0 Å². The zero-order valence-electron chi connectivity index (χ0n) is 57.6. The number of nitrogen functional groups attached to an aromatic ring is 1. The van der Waals surface area contributed by atoms with E-state index in [0.29, 0.717) is 63.7 Å². The van der Waals surface area contributed by atoms with Crippen LogP contribution in [0, 0.1) is 38.5 Å². The highest BCUT2D eigenvalue weighted by Crippen LogP contribution is 2.34. The third-order valence-corrected chi connectivity index (χ3v) is 18.6. The van der Waals surface area contributed by atoms with Crippen molar-refractivity contribution < 1.29 is 60.2 Å². The summed E-state index contributed by atoms with van der Waals surface area (Å²) in [6.45, 7) is 18.5. The minimum Gasteiger partial charge on any atom is -0.444 e. The molecule has 6 aromatic carbocycles. The smallest absolute Gasteiger partial charge is 0.444 e. The summed E-state index contributed by atoms with van der Waals surface area (Å²) in [4.78, 5) is 41.8. The molecule has 106 heavy (non-hydrogen) atoms. The first-order valence-corrected chi connectivity index (χ1v) is 35.8. The van der Waals surface area contributed by atoms with E-state index in [1.54, 1.807) is 57.4 Å². The van der Waals surface area contributed by atoms with Crippen molar-refractivity contribution in [3.8, 4) is 33.4 Å². The summed E-state index contributed by atoms with van der Waals surface area (Å²) in [7, 11) is -1.60. The van der Waals surface area contributed by atoms with E-state index in [9.17, 15) is 40.7 Å². The van der Waals surface area contributed by atoms with Crippen LogP contribution in [0.15, 0.2) is 134 Å². The fourth-order valence-electron chi connectivity index (χ4n) is 10.7. The van der Waals surface area contributed by atoms with Crippen LogP contribution < -0.4 is 21.8 Å². The topological polar surface area (TPSA) is 241 Å². The number of urea groups is 1. The van der Waals surface area contributed by atoms with Gasteiger partial charge in [-0.25, -0.2) is 40.7 Å². The van der Waals surface area contributed by atoms with Gasteiger partial charge in [0.25, 0.3) is 0 Å². The SMILES string of the molecule is CC(C)(C)OC(=O)N1CCn2ncc(-c3ccc(F)c(Cl)c3)c2C1.CC(C)(C)OC(=O)N1CCn2ncc(I)c2C1.Fc1ccc(-c2cnn3c2CNCC3)cc1Cl.Nc1ccc(F)c(Cl)c1.O=C(Nc1ccc(F)c(Cl)c1)N1CCn2ncc(-c3ccc(F)c(Cl)c3)c2C1.OB(O)c1ccc(F)c(Cl)c1. The molecule has 560 valence electrons. The lowest BCUT2D eigenvalue weighted by Crippen LogP contribution is -2.41. The molecule has 0 bridgehead atoms. The number of hydrogen-bond acceptors (Lipinski definition) is 13. The number of ether oxygens (including phenoxy) is 2. The first-order valence-electron chi connectivity index (χ1n) is 32.5. The second-order valence-corrected chi connectivity index (χ2v) is 29.5. The Kier molecular flexibility index (Phi) is 27.9. The fourth-order valence-corrected chi connectivity index (χ4v) is 12.4. The van der Waals surface area contributed by atoms with Crippen LogP contribution in [0.2, 0.25) is 30.1 Å². The molecule has 0 atom stereocenters. The van der Waals surface area contributed by atoms with E-state index in [1.807, 2.05) is 72.7 Å². The predicted octanol–water partition coefficient (Wildman–Crippen LogP) is 16.2. The fraction of sp³-hybridized carbons (Fsp3) is 0.282. The molecule has 4 aliphatic rings. The number of halogens is 13. The number of carbonyl (C=O) groups excluding carboxylic acids is 3. The maximum Gasteiger partial charge on any atom is 0.488 e. The molecule has 0 spiro atoms. The van der Waals surface area contributed by atoms with Crippen LogP contribution in [0.5, 0.6) is 0 Å². The second-order valence-electron chi connectivity index (χ2n) is 25.9. The molecule has 6 N–H and O–H groups in total. The van der Waals surface area contributed by atoms with Crippen molar-refractivity contribution in [3.05, 3.63) is 225 Å². The molecule has 0 unspecified atom stereocenters. The monoisotopic (exact) mass is 1690 g/mol. The van der Waals surface area contributed by atoms with E-state index in [1.165, 1.54) is 72.8 Å². The van der Waals surface area contributed by atoms with E-state index in [4.69, 9.17) is 94.9 Å². The lowest BCUT2D eigenvalue weighted by molar-refractivity contribution is 0.0184. The van der Waals surface area contributed by atoms with E-state index >= 15 is 0 Å². The third-order valence-electron chi connectivity index (χ3n) is 15.9. The van der Waals surface area contributed by atoms with Crippen LogP contribution in [0.25, 0.3) is 33.4 Å². The summed E-state index contributed by atoms with van der Waals surface area (Å²) >= 11 is 36.3. The molecule has 0 saturated heterocycles. The highest BCUT2D eigenvalue weighted by atomic mass is 127. The molecule has 0 aliphatic carbocycles. The largest absolute Gasteiger partial charge is 0.488 e. The van der Waals surface area contributed by atoms with Gasteiger partial charge in [-0.3, -0.25) is 18.7 Å². The number of aromatic nitrogens is 8. The van der Waals surface area contributed by atoms with E-state index < -0.39 is 53.2 Å². The predicted molar refractivity (Wildman–Crippen MR) is 406 cm³/mol. The van der Waals surface area contributed by atoms with Crippen molar-refractivity contribution in [2.45, 2.75) is 105 Å². The molecule has 8 heterocycles. The van der Waals surface area contributed by atoms with Crippen LogP contribution in [-0.2, 0) is 61.8 Å². The van der Waals surface area contributed by atoms with Crippen molar-refractivity contribution in [3.63, 3.8) is 0 Å². The van der Waals surface area contributed by atoms with Gasteiger partial charge in [-0.2, -0.15) is 20.4 Å². The van der Waals surface area contributed by atoms with Crippen LogP contribution >= 0.6 is 92.2 Å². The summed E-state index contributed by atoms with van der Waals surface area (Å²) in [5.41, 5.74) is 14.3. The quantitative estimate of drug-likeness (QED) is 0.0467. The van der Waals surface area contributed by atoms with Gasteiger partial charge in [0.1, 0.15) is 46.1 Å². The molecular weight excluding hydrogens is 1630 g/mol. The Morgan fingerprint density at radius 1 is 0.481 bits per heavy atom. The molecular formula is C71H70BCl6F6IN14O7. The number of nitrogens with two attached hydrogens (primary N) is 1. The molecule has 14 rings (SSSR count). The Labute approximate surface area is 650 Å². The molecule has 0 saturated carbocycles. The van der Waals surface area contributed by atoms with Crippen molar-refractivity contribution in [2.75, 3.05) is 37.2 Å². The molecule has 10 aromatic rings. The summed E-state index contributed by atoms with van der Waals surface area (Å²) in [6, 6.07) is 25.0. The number of anilines is 2. The maximum atomic E-state index is 13.5. The Morgan fingerprint density at radius 2 is 0.849 bits per heavy atom. The molecule has 35 heteroatoms. The number of carbonyl (C=O) groups is 3. The van der Waals surface area contributed by atoms with Crippen LogP contribution in [0.3, 0.4) is 0 Å². The minimum atomic E-state index is -1.60. The van der Waals surface area contributed by atoms with Gasteiger partial charge in [0, 0.05) is 60.8 Å². The van der Waals surface area contributed by atoms with Crippen molar-refractivity contribution >= 4 is 134 Å². The third kappa shape index (κ3) is 22.0. The summed E-state index contributed by atoms with van der Waals surface area (Å²) < 4.78 is 97.5. The van der Waals surface area contributed by atoms with Gasteiger partial charge < -0.3 is 50.6 Å². The number of rotatable bonds is 5. The van der Waals surface area contributed by atoms with E-state index in [0.717, 1.165) is 92.0 Å². The lowest BCUT2D eigenvalue weighted by atomic mass is 9.80. The molecule has 21 nitrogen and oxygen atoms in total. The van der Waals surface area contributed by atoms with Crippen LogP contribution in [0.4, 0.5) is 52.1 Å². The standard InChI is InChI=1S/C19H14Cl2F2N4O.C17H19ClFN3O2.C12H11ClFN3.C11H16IN3O2.C6H5BClFO2.C6H5ClFN/c20-14-7-11(1-3-16(14)22)13-9-24-27-6-5-26(10-18(13)27)19(28)25-12-2-4-17(23)15(21)8-12;1-17(2,3)24-16(23)21-6-7-22-15(10-21)12(9-20-22)11-4-5-14(19)13(18)8-11;13-10-5-8(1-2-11(10)14)9-6-16-17-4-3-15-7-12(9)17;1-11(2,3)17-10(16)14-4-5-15-9(7-14)8(12)6-13-15;8-5-3-4(7(10)11)1-2-6(5)9;7-5-3-4(9)1-2-6(5)8/h1-4,7-9H,5-6,10H2,(H,25,28);4-5,8-9H,6-7,10H2,1-3H3;1-2,5-6,15H,3-4,7H2;6H,4-5,7H2,1-3H3;1-3,10-11H;1-3H,9H2. The second kappa shape index (κ2) is 36.1. The summed E-state index contributed by atoms with van der Waals surface area (Å²) in [5, 5.41) is 40.6. The van der Waals surface area contributed by atoms with Crippen molar-refractivity contribution in [1.82, 2.24) is 59.1 Å². The van der Waals surface area contributed by atoms with Gasteiger partial charge >= 0.3 is 25.3 Å². The molecule has 4 aliphatic heterocycles. The number of nitrogens with zero attached hydrogens (tertiary/aromatic N) is 11. The number of nitrogens with one attached hydrogen (secondary N) is 2. The molecule has 4 amide bonds. The van der Waals surface area contributed by atoms with Crippen LogP contribution in [-0.4, -0.2) is 127 Å². The zero-order chi connectivity index (χ0) is 77.1. The first-order chi connectivity index (χ1) is 50.1. The van der Waals surface area contributed by atoms with E-state index in [-0.39, 0.29) is 53.8 Å². The summed E-state index contributed by atoms with van der Waals surface area (Å²) in [5.74, 6) is -2.91. The lowest BCUT2D eigenvalue weighted by Gasteiger charge is -2.30. The number of hydrogen-bond donors (Lipinski definition) is 5. The highest BCUT2D eigenvalue weighted by Gasteiger charge is 2.31. The number of fused-ring (bicyclic) bond motifs is 4. The van der Waals surface area contributed by atoms with Gasteiger partial charge in [-0.15, -0.1) is 0 Å². The van der Waals surface area contributed by atoms with Gasteiger partial charge in [0.05, 0.1) is 127 Å². The Balaban J connectivity index is 0.000000153. The van der Waals surface area contributed by atoms with Gasteiger partial charge in [-0.1, -0.05) is 93.9 Å². The van der Waals surface area contributed by atoms with Gasteiger partial charge in [0.15, 0.2) is 0 Å². The zero-order valence-corrected chi connectivity index (χ0v) is 64.3.